The predicted octanol–water partition coefficient (Wildman–Crippen LogP) is 4.72. The molecule has 27 heavy (non-hydrogen) atoms. The molecule has 0 bridgehead atoms. The summed E-state index contributed by atoms with van der Waals surface area (Å²) in [6.45, 7) is 3.90. The lowest BCUT2D eigenvalue weighted by atomic mass is 9.93. The molecular weight excluding hydrogens is 343 g/mol. The van der Waals surface area contributed by atoms with E-state index in [1.165, 1.54) is 12.1 Å². The van der Waals surface area contributed by atoms with Crippen LogP contribution in [0.3, 0.4) is 0 Å². The van der Waals surface area contributed by atoms with Crippen molar-refractivity contribution < 1.29 is 19.7 Å². The van der Waals surface area contributed by atoms with E-state index in [-0.39, 0.29) is 23.7 Å². The van der Waals surface area contributed by atoms with Crippen LogP contribution in [0.25, 0.3) is 0 Å². The molecule has 0 heterocycles. The molecule has 0 aliphatic heterocycles. The lowest BCUT2D eigenvalue weighted by molar-refractivity contribution is 0.174. The van der Waals surface area contributed by atoms with Crippen LogP contribution >= 0.6 is 0 Å². The second-order valence-electron chi connectivity index (χ2n) is 6.97. The summed E-state index contributed by atoms with van der Waals surface area (Å²) in [5.74, 6) is -0.0416. The number of phenolic OH excluding ortho intramolecular Hbond substituents is 2. The van der Waals surface area contributed by atoms with E-state index >= 15 is 0 Å². The molecule has 0 saturated heterocycles. The molecule has 0 aliphatic carbocycles. The maximum absolute atomic E-state index is 13.0. The van der Waals surface area contributed by atoms with Crippen molar-refractivity contribution in [2.24, 2.45) is 0 Å². The van der Waals surface area contributed by atoms with Crippen LogP contribution in [0.15, 0.2) is 54.6 Å². The molecule has 3 aromatic rings. The molecule has 3 rings (SSSR count). The van der Waals surface area contributed by atoms with Crippen molar-refractivity contribution in [2.75, 3.05) is 0 Å². The number of aliphatic hydroxyl groups excluding tert-OH is 1. The topological polar surface area (TPSA) is 60.7 Å². The number of rotatable bonds is 5. The van der Waals surface area contributed by atoms with E-state index in [1.807, 2.05) is 19.9 Å². The second kappa shape index (κ2) is 7.80. The van der Waals surface area contributed by atoms with Gasteiger partial charge in [0.2, 0.25) is 0 Å². The van der Waals surface area contributed by atoms with Crippen LogP contribution in [0, 0.1) is 19.7 Å². The summed E-state index contributed by atoms with van der Waals surface area (Å²) in [4.78, 5) is 0. The minimum atomic E-state index is -0.891. The fourth-order valence-electron chi connectivity index (χ4n) is 3.39. The zero-order chi connectivity index (χ0) is 19.6. The van der Waals surface area contributed by atoms with Gasteiger partial charge in [-0.3, -0.25) is 0 Å². The quantitative estimate of drug-likeness (QED) is 0.612. The van der Waals surface area contributed by atoms with Crippen molar-refractivity contribution >= 4 is 0 Å². The summed E-state index contributed by atoms with van der Waals surface area (Å²) < 4.78 is 13.0. The molecule has 0 aromatic heterocycles. The molecule has 0 amide bonds. The summed E-state index contributed by atoms with van der Waals surface area (Å²) in [5.41, 5.74) is 5.29. The van der Waals surface area contributed by atoms with Crippen LogP contribution in [0.5, 0.6) is 11.5 Å². The average Bonchev–Trinajstić information content (AvgIpc) is 2.61. The van der Waals surface area contributed by atoms with Gasteiger partial charge in [0.25, 0.3) is 0 Å². The summed E-state index contributed by atoms with van der Waals surface area (Å²) in [6, 6.07) is 14.6. The van der Waals surface area contributed by atoms with Gasteiger partial charge < -0.3 is 15.3 Å². The molecule has 3 nitrogen and oxygen atoms in total. The Balaban J connectivity index is 1.85. The fraction of sp³-hybridized carbons (Fsp3) is 0.217. The lowest BCUT2D eigenvalue weighted by Crippen LogP contribution is -2.04. The maximum Gasteiger partial charge on any atom is 0.123 e. The molecule has 0 aliphatic rings. The van der Waals surface area contributed by atoms with Crippen LogP contribution < -0.4 is 0 Å². The first-order valence-corrected chi connectivity index (χ1v) is 8.87. The van der Waals surface area contributed by atoms with Crippen LogP contribution in [0.2, 0.25) is 0 Å². The van der Waals surface area contributed by atoms with Gasteiger partial charge in [-0.15, -0.1) is 0 Å². The predicted molar refractivity (Wildman–Crippen MR) is 104 cm³/mol. The molecule has 140 valence electrons. The highest BCUT2D eigenvalue weighted by Crippen LogP contribution is 2.30. The fourth-order valence-corrected chi connectivity index (χ4v) is 3.39. The molecule has 0 radical (unpaired) electrons. The number of halogens is 1. The van der Waals surface area contributed by atoms with Crippen molar-refractivity contribution in [1.29, 1.82) is 0 Å². The van der Waals surface area contributed by atoms with Crippen molar-refractivity contribution in [1.82, 2.24) is 0 Å². The number of aliphatic hydroxyl groups is 1. The number of phenols is 2. The summed E-state index contributed by atoms with van der Waals surface area (Å²) in [6.07, 6.45) is 0.0284. The molecule has 0 fully saturated rings. The van der Waals surface area contributed by atoms with Gasteiger partial charge in [-0.05, 0) is 84.5 Å². The summed E-state index contributed by atoms with van der Waals surface area (Å²) in [5, 5.41) is 30.5. The third-order valence-corrected chi connectivity index (χ3v) is 4.85. The Morgan fingerprint density at radius 3 is 2.07 bits per heavy atom. The molecule has 0 saturated carbocycles. The first kappa shape index (κ1) is 18.9. The molecule has 0 spiro atoms. The Morgan fingerprint density at radius 2 is 1.44 bits per heavy atom. The number of hydrogen-bond donors (Lipinski definition) is 3. The van der Waals surface area contributed by atoms with Crippen LogP contribution in [0.4, 0.5) is 4.39 Å². The van der Waals surface area contributed by atoms with Crippen LogP contribution in [-0.4, -0.2) is 15.3 Å². The number of benzene rings is 3. The highest BCUT2D eigenvalue weighted by Gasteiger charge is 2.15. The van der Waals surface area contributed by atoms with E-state index in [0.717, 1.165) is 27.8 Å². The van der Waals surface area contributed by atoms with Crippen molar-refractivity contribution in [3.63, 3.8) is 0 Å². The number of aryl methyl sites for hydroxylation is 2. The highest BCUT2D eigenvalue weighted by atomic mass is 19.1. The number of aromatic hydroxyl groups is 2. The average molecular weight is 366 g/mol. The standard InChI is InChI=1S/C23H23FO3/c1-14-9-19(25)10-15(2)20(14)11-17-5-8-22(26)21(12-17)23(27)13-16-3-6-18(24)7-4-16/h3-10,12,23,25-27H,11,13H2,1-2H3. The van der Waals surface area contributed by atoms with Gasteiger partial charge in [-0.25, -0.2) is 4.39 Å². The van der Waals surface area contributed by atoms with E-state index in [0.29, 0.717) is 12.0 Å². The van der Waals surface area contributed by atoms with Crippen molar-refractivity contribution in [3.8, 4) is 11.5 Å². The van der Waals surface area contributed by atoms with Gasteiger partial charge in [0.1, 0.15) is 17.3 Å². The van der Waals surface area contributed by atoms with Gasteiger partial charge in [0.05, 0.1) is 6.10 Å². The monoisotopic (exact) mass is 366 g/mol. The lowest BCUT2D eigenvalue weighted by Gasteiger charge is -2.16. The smallest absolute Gasteiger partial charge is 0.123 e. The minimum absolute atomic E-state index is 0.0347. The Bertz CT molecular complexity index is 925. The summed E-state index contributed by atoms with van der Waals surface area (Å²) >= 11 is 0. The Labute approximate surface area is 158 Å². The van der Waals surface area contributed by atoms with Crippen molar-refractivity contribution in [2.45, 2.75) is 32.8 Å². The molecule has 4 heteroatoms. The molecule has 1 unspecified atom stereocenters. The molecular formula is C23H23FO3. The Morgan fingerprint density at radius 1 is 0.852 bits per heavy atom. The first-order valence-electron chi connectivity index (χ1n) is 8.87. The third kappa shape index (κ3) is 4.47. The molecule has 3 N–H and O–H groups in total. The number of hydrogen-bond acceptors (Lipinski definition) is 3. The maximum atomic E-state index is 13.0. The highest BCUT2D eigenvalue weighted by molar-refractivity contribution is 5.45. The minimum Gasteiger partial charge on any atom is -0.508 e. The van der Waals surface area contributed by atoms with E-state index in [1.54, 1.807) is 36.4 Å². The van der Waals surface area contributed by atoms with Crippen molar-refractivity contribution in [3.05, 3.63) is 93.8 Å². The van der Waals surface area contributed by atoms with Gasteiger partial charge in [0.15, 0.2) is 0 Å². The van der Waals surface area contributed by atoms with E-state index in [9.17, 15) is 19.7 Å². The Hall–Kier alpha value is -2.85. The Kier molecular flexibility index (Phi) is 5.47. The van der Waals surface area contributed by atoms with Gasteiger partial charge in [-0.1, -0.05) is 18.2 Å². The second-order valence-corrected chi connectivity index (χ2v) is 6.97. The van der Waals surface area contributed by atoms with Crippen LogP contribution in [-0.2, 0) is 12.8 Å². The SMILES string of the molecule is Cc1cc(O)cc(C)c1Cc1ccc(O)c(C(O)Cc2ccc(F)cc2)c1. The third-order valence-electron chi connectivity index (χ3n) is 4.85. The summed E-state index contributed by atoms with van der Waals surface area (Å²) in [7, 11) is 0. The first-order chi connectivity index (χ1) is 12.8. The van der Waals surface area contributed by atoms with E-state index in [2.05, 4.69) is 0 Å². The zero-order valence-corrected chi connectivity index (χ0v) is 15.4. The van der Waals surface area contributed by atoms with E-state index < -0.39 is 6.10 Å². The normalized spacial score (nSPS) is 12.1. The van der Waals surface area contributed by atoms with Gasteiger partial charge >= 0.3 is 0 Å². The largest absolute Gasteiger partial charge is 0.508 e. The molecule has 1 atom stereocenters. The van der Waals surface area contributed by atoms with E-state index in [4.69, 9.17) is 0 Å². The zero-order valence-electron chi connectivity index (χ0n) is 15.4. The van der Waals surface area contributed by atoms with Crippen LogP contribution in [0.1, 0.15) is 39.5 Å². The van der Waals surface area contributed by atoms with Gasteiger partial charge in [-0.2, -0.15) is 0 Å². The van der Waals surface area contributed by atoms with Gasteiger partial charge in [0, 0.05) is 12.0 Å². The molecule has 3 aromatic carbocycles.